The molecule has 2 aromatic carbocycles. The topological polar surface area (TPSA) is 78.7 Å². The molecule has 2 aliphatic rings. The molecule has 0 aromatic heterocycles. The molecule has 152 valence electrons. The summed E-state index contributed by atoms with van der Waals surface area (Å²) in [5.74, 6) is -0.726. The van der Waals surface area contributed by atoms with Crippen molar-refractivity contribution in [3.63, 3.8) is 0 Å². The van der Waals surface area contributed by atoms with Crippen molar-refractivity contribution in [2.75, 3.05) is 35.6 Å². The van der Waals surface area contributed by atoms with Crippen LogP contribution in [0.25, 0.3) is 0 Å². The first-order chi connectivity index (χ1) is 14.0. The summed E-state index contributed by atoms with van der Waals surface area (Å²) in [6.45, 7) is 1.54. The number of rotatable bonds is 2. The first-order valence-electron chi connectivity index (χ1n) is 10.0. The van der Waals surface area contributed by atoms with E-state index >= 15 is 0 Å². The van der Waals surface area contributed by atoms with E-state index in [2.05, 4.69) is 5.32 Å². The molecule has 1 fully saturated rings. The first kappa shape index (κ1) is 19.2. The maximum Gasteiger partial charge on any atom is 0.321 e. The number of carbonyl (C=O) groups excluding carboxylic acids is 2. The molecule has 0 radical (unpaired) electrons. The van der Waals surface area contributed by atoms with E-state index in [1.54, 1.807) is 17.0 Å². The molecule has 2 aromatic rings. The summed E-state index contributed by atoms with van der Waals surface area (Å²) in [6.07, 6.45) is 3.21. The minimum Gasteiger partial charge on any atom is -0.398 e. The van der Waals surface area contributed by atoms with Gasteiger partial charge in [0.15, 0.2) is 0 Å². The van der Waals surface area contributed by atoms with Gasteiger partial charge >= 0.3 is 6.03 Å². The molecule has 0 bridgehead atoms. The number of fused-ring (bicyclic) bond motifs is 1. The Kier molecular flexibility index (Phi) is 5.38. The summed E-state index contributed by atoms with van der Waals surface area (Å²) in [7, 11) is 0. The number of halogens is 1. The lowest BCUT2D eigenvalue weighted by Gasteiger charge is -2.37. The third kappa shape index (κ3) is 3.90. The predicted molar refractivity (Wildman–Crippen MR) is 111 cm³/mol. The summed E-state index contributed by atoms with van der Waals surface area (Å²) in [4.78, 5) is 29.3. The first-order valence-corrected chi connectivity index (χ1v) is 10.0. The molecule has 0 spiro atoms. The number of hydrogen-bond acceptors (Lipinski definition) is 3. The lowest BCUT2D eigenvalue weighted by Crippen LogP contribution is -2.49. The molecule has 3 N–H and O–H groups in total. The van der Waals surface area contributed by atoms with Crippen molar-refractivity contribution < 1.29 is 14.0 Å². The van der Waals surface area contributed by atoms with Crippen LogP contribution in [-0.4, -0.2) is 36.5 Å². The average molecular weight is 396 g/mol. The Balaban J connectivity index is 1.46. The van der Waals surface area contributed by atoms with Crippen LogP contribution in [0.5, 0.6) is 0 Å². The molecular formula is C22H25FN4O2. The maximum atomic E-state index is 13.8. The van der Waals surface area contributed by atoms with Crippen molar-refractivity contribution in [3.05, 3.63) is 53.8 Å². The number of nitrogens with two attached hydrogens (primary N) is 1. The van der Waals surface area contributed by atoms with Gasteiger partial charge in [-0.3, -0.25) is 4.79 Å². The van der Waals surface area contributed by atoms with E-state index in [1.807, 2.05) is 23.1 Å². The van der Waals surface area contributed by atoms with Crippen LogP contribution in [0.4, 0.5) is 26.2 Å². The number of para-hydroxylation sites is 1. The van der Waals surface area contributed by atoms with Gasteiger partial charge in [0.05, 0.1) is 11.6 Å². The van der Waals surface area contributed by atoms with Crippen molar-refractivity contribution >= 4 is 29.0 Å². The SMILES string of the molecule is Nc1cccc2c1CCCN2C(=O)C1CCCN(C(=O)Nc2ccccc2F)C1. The van der Waals surface area contributed by atoms with Gasteiger partial charge in [-0.1, -0.05) is 18.2 Å². The number of benzene rings is 2. The van der Waals surface area contributed by atoms with E-state index in [-0.39, 0.29) is 23.5 Å². The normalized spacial score (nSPS) is 18.9. The number of likely N-dealkylation sites (tertiary alicyclic amines) is 1. The van der Waals surface area contributed by atoms with Crippen molar-refractivity contribution in [1.29, 1.82) is 0 Å². The second-order valence-corrected chi connectivity index (χ2v) is 7.63. The second-order valence-electron chi connectivity index (χ2n) is 7.63. The van der Waals surface area contributed by atoms with Crippen molar-refractivity contribution in [2.45, 2.75) is 25.7 Å². The zero-order chi connectivity index (χ0) is 20.4. The second kappa shape index (κ2) is 8.11. The van der Waals surface area contributed by atoms with E-state index < -0.39 is 5.82 Å². The van der Waals surface area contributed by atoms with Gasteiger partial charge in [0.2, 0.25) is 5.91 Å². The highest BCUT2D eigenvalue weighted by atomic mass is 19.1. The van der Waals surface area contributed by atoms with Gasteiger partial charge in [-0.2, -0.15) is 0 Å². The standard InChI is InChI=1S/C22H25FN4O2/c23-17-8-1-2-10-19(17)25-22(29)26-12-4-6-15(14-26)21(28)27-13-5-7-16-18(24)9-3-11-20(16)27/h1-3,8-11,15H,4-7,12-14,24H2,(H,25,29). The van der Waals surface area contributed by atoms with Gasteiger partial charge < -0.3 is 20.9 Å². The third-order valence-electron chi connectivity index (χ3n) is 5.73. The van der Waals surface area contributed by atoms with Crippen LogP contribution in [0.15, 0.2) is 42.5 Å². The molecular weight excluding hydrogens is 371 g/mol. The molecule has 7 heteroatoms. The van der Waals surface area contributed by atoms with Gasteiger partial charge in [0.1, 0.15) is 5.82 Å². The maximum absolute atomic E-state index is 13.8. The van der Waals surface area contributed by atoms with Gasteiger partial charge in [-0.25, -0.2) is 9.18 Å². The lowest BCUT2D eigenvalue weighted by atomic mass is 9.93. The average Bonchev–Trinajstić information content (AvgIpc) is 2.75. The number of piperidine rings is 1. The molecule has 1 unspecified atom stereocenters. The summed E-state index contributed by atoms with van der Waals surface area (Å²) in [6, 6.07) is 11.4. The third-order valence-corrected chi connectivity index (χ3v) is 5.73. The van der Waals surface area contributed by atoms with Gasteiger partial charge in [0.25, 0.3) is 0 Å². The molecule has 6 nitrogen and oxygen atoms in total. The van der Waals surface area contributed by atoms with Crippen molar-refractivity contribution in [3.8, 4) is 0 Å². The number of urea groups is 1. The van der Waals surface area contributed by atoms with E-state index in [0.717, 1.165) is 42.6 Å². The quantitative estimate of drug-likeness (QED) is 0.761. The molecule has 1 atom stereocenters. The van der Waals surface area contributed by atoms with E-state index in [9.17, 15) is 14.0 Å². The largest absolute Gasteiger partial charge is 0.398 e. The van der Waals surface area contributed by atoms with Gasteiger partial charge in [0, 0.05) is 31.0 Å². The molecule has 4 rings (SSSR count). The van der Waals surface area contributed by atoms with Crippen LogP contribution in [-0.2, 0) is 11.2 Å². The van der Waals surface area contributed by atoms with Crippen molar-refractivity contribution in [1.82, 2.24) is 4.90 Å². The fourth-order valence-corrected chi connectivity index (χ4v) is 4.22. The summed E-state index contributed by atoms with van der Waals surface area (Å²) < 4.78 is 13.8. The molecule has 2 heterocycles. The van der Waals surface area contributed by atoms with Crippen LogP contribution in [0.1, 0.15) is 24.8 Å². The highest BCUT2D eigenvalue weighted by molar-refractivity contribution is 5.98. The van der Waals surface area contributed by atoms with Gasteiger partial charge in [-0.15, -0.1) is 0 Å². The van der Waals surface area contributed by atoms with E-state index in [4.69, 9.17) is 5.73 Å². The number of amides is 3. The minimum absolute atomic E-state index is 0.0277. The predicted octanol–water partition coefficient (Wildman–Crippen LogP) is 3.63. The fraction of sp³-hybridized carbons (Fsp3) is 0.364. The van der Waals surface area contributed by atoms with Crippen LogP contribution in [0.3, 0.4) is 0 Å². The van der Waals surface area contributed by atoms with Crippen LogP contribution < -0.4 is 16.0 Å². The van der Waals surface area contributed by atoms with Crippen LogP contribution in [0.2, 0.25) is 0 Å². The summed E-state index contributed by atoms with van der Waals surface area (Å²) in [5.41, 5.74) is 8.87. The summed E-state index contributed by atoms with van der Waals surface area (Å²) >= 11 is 0. The van der Waals surface area contributed by atoms with E-state index in [0.29, 0.717) is 19.6 Å². The number of nitrogens with one attached hydrogen (secondary N) is 1. The zero-order valence-corrected chi connectivity index (χ0v) is 16.2. The Labute approximate surface area is 169 Å². The van der Waals surface area contributed by atoms with Crippen molar-refractivity contribution in [2.24, 2.45) is 5.92 Å². The van der Waals surface area contributed by atoms with Crippen LogP contribution >= 0.6 is 0 Å². The molecule has 3 amide bonds. The fourth-order valence-electron chi connectivity index (χ4n) is 4.22. The number of hydrogen-bond donors (Lipinski definition) is 2. The molecule has 29 heavy (non-hydrogen) atoms. The Bertz CT molecular complexity index is 933. The molecule has 0 saturated carbocycles. The molecule has 0 aliphatic carbocycles. The number of nitrogens with zero attached hydrogens (tertiary/aromatic N) is 2. The Morgan fingerprint density at radius 1 is 1.07 bits per heavy atom. The van der Waals surface area contributed by atoms with E-state index in [1.165, 1.54) is 12.1 Å². The lowest BCUT2D eigenvalue weighted by molar-refractivity contribution is -0.123. The zero-order valence-electron chi connectivity index (χ0n) is 16.2. The molecule has 2 aliphatic heterocycles. The highest BCUT2D eigenvalue weighted by Gasteiger charge is 2.33. The minimum atomic E-state index is -0.479. The number of anilines is 3. The Morgan fingerprint density at radius 2 is 1.90 bits per heavy atom. The summed E-state index contributed by atoms with van der Waals surface area (Å²) in [5, 5.41) is 2.61. The van der Waals surface area contributed by atoms with Gasteiger partial charge in [-0.05, 0) is 55.5 Å². The number of carbonyl (C=O) groups is 2. The monoisotopic (exact) mass is 396 g/mol. The van der Waals surface area contributed by atoms with Crippen LogP contribution in [0, 0.1) is 11.7 Å². The smallest absolute Gasteiger partial charge is 0.321 e. The Morgan fingerprint density at radius 3 is 2.72 bits per heavy atom. The number of nitrogen functional groups attached to an aromatic ring is 1. The highest BCUT2D eigenvalue weighted by Crippen LogP contribution is 2.33. The Hall–Kier alpha value is -3.09. The molecule has 1 saturated heterocycles.